The van der Waals surface area contributed by atoms with Crippen LogP contribution in [0.15, 0.2) is 30.3 Å². The largest absolute Gasteiger partial charge is 0.351 e. The van der Waals surface area contributed by atoms with Crippen molar-refractivity contribution in [2.45, 2.75) is 136 Å². The van der Waals surface area contributed by atoms with Crippen LogP contribution in [0.5, 0.6) is 0 Å². The van der Waals surface area contributed by atoms with E-state index in [0.29, 0.717) is 0 Å². The summed E-state index contributed by atoms with van der Waals surface area (Å²) in [5.74, 6) is 1.10. The average molecular weight is 646 g/mol. The summed E-state index contributed by atoms with van der Waals surface area (Å²) in [4.78, 5) is 20.9. The Kier molecular flexibility index (Phi) is 18.2. The summed E-state index contributed by atoms with van der Waals surface area (Å²) in [6.45, 7) is 5.31. The molecule has 3 heterocycles. The lowest BCUT2D eigenvalue weighted by atomic mass is 10.1. The van der Waals surface area contributed by atoms with Gasteiger partial charge in [-0.25, -0.2) is 0 Å². The first-order chi connectivity index (χ1) is 20.7. The molecule has 3 rings (SSSR count). The Morgan fingerprint density at radius 2 is 1.17 bits per heavy atom. The van der Waals surface area contributed by atoms with Crippen LogP contribution in [0.4, 0.5) is 0 Å². The summed E-state index contributed by atoms with van der Waals surface area (Å²) in [6, 6.07) is 11.4. The van der Waals surface area contributed by atoms with Crippen LogP contribution in [0.2, 0.25) is 0 Å². The van der Waals surface area contributed by atoms with Gasteiger partial charge >= 0.3 is 0 Å². The number of amides is 1. The van der Waals surface area contributed by atoms with Gasteiger partial charge in [-0.05, 0) is 74.6 Å². The maximum absolute atomic E-state index is 13.3. The molecule has 1 N–H and O–H groups in total. The molecule has 1 amide bonds. The van der Waals surface area contributed by atoms with E-state index in [-0.39, 0.29) is 5.91 Å². The lowest BCUT2D eigenvalue weighted by molar-refractivity contribution is 0.0957. The summed E-state index contributed by atoms with van der Waals surface area (Å²) in [5.41, 5.74) is 1.24. The van der Waals surface area contributed by atoms with E-state index in [1.165, 1.54) is 133 Å². The smallest absolute Gasteiger partial charge is 0.261 e. The van der Waals surface area contributed by atoms with Gasteiger partial charge in [0.1, 0.15) is 0 Å². The van der Waals surface area contributed by atoms with E-state index in [9.17, 15) is 4.79 Å². The van der Waals surface area contributed by atoms with Crippen molar-refractivity contribution >= 4 is 52.5 Å². The fraction of sp³-hybridized carbons (Fsp3) is 0.639. The Morgan fingerprint density at radius 3 is 1.76 bits per heavy atom. The monoisotopic (exact) mass is 645 g/mol. The zero-order chi connectivity index (χ0) is 29.8. The molecule has 0 aliphatic heterocycles. The van der Waals surface area contributed by atoms with E-state index in [2.05, 4.69) is 62.1 Å². The van der Waals surface area contributed by atoms with Gasteiger partial charge < -0.3 is 5.32 Å². The van der Waals surface area contributed by atoms with Gasteiger partial charge in [0.15, 0.2) is 0 Å². The Labute approximate surface area is 274 Å². The fourth-order valence-electron chi connectivity index (χ4n) is 5.38. The number of aryl methyl sites for hydroxylation is 2. The highest BCUT2D eigenvalue weighted by Crippen LogP contribution is 2.44. The highest BCUT2D eigenvalue weighted by Gasteiger charge is 2.20. The lowest BCUT2D eigenvalue weighted by Crippen LogP contribution is -2.23. The van der Waals surface area contributed by atoms with Gasteiger partial charge in [0.25, 0.3) is 5.91 Å². The predicted octanol–water partition coefficient (Wildman–Crippen LogP) is 12.6. The third kappa shape index (κ3) is 12.9. The highest BCUT2D eigenvalue weighted by atomic mass is 32.1. The van der Waals surface area contributed by atoms with Crippen molar-refractivity contribution in [2.75, 3.05) is 12.3 Å². The van der Waals surface area contributed by atoms with Crippen LogP contribution < -0.4 is 5.32 Å². The second kappa shape index (κ2) is 21.6. The van der Waals surface area contributed by atoms with Gasteiger partial charge in [-0.15, -0.1) is 34.0 Å². The van der Waals surface area contributed by atoms with Crippen LogP contribution in [-0.2, 0) is 12.8 Å². The van der Waals surface area contributed by atoms with Crippen LogP contribution in [0.1, 0.15) is 142 Å². The molecule has 0 aliphatic rings. The molecular weight excluding hydrogens is 591 g/mol. The molecule has 0 saturated carbocycles. The van der Waals surface area contributed by atoms with Gasteiger partial charge in [0.05, 0.1) is 9.75 Å². The topological polar surface area (TPSA) is 29.1 Å². The number of thiophene rings is 3. The van der Waals surface area contributed by atoms with Gasteiger partial charge in [0, 0.05) is 31.6 Å². The summed E-state index contributed by atoms with van der Waals surface area (Å²) >= 11 is 9.81. The molecule has 0 fully saturated rings. The zero-order valence-corrected chi connectivity index (χ0v) is 29.7. The number of nitrogens with one attached hydrogen (secondary N) is 1. The number of thiol groups is 1. The first kappa shape index (κ1) is 35.4. The molecule has 42 heavy (non-hydrogen) atoms. The molecule has 0 aliphatic carbocycles. The Morgan fingerprint density at radius 1 is 0.643 bits per heavy atom. The molecule has 0 radical (unpaired) electrons. The van der Waals surface area contributed by atoms with Gasteiger partial charge in [0.2, 0.25) is 0 Å². The molecule has 0 atom stereocenters. The van der Waals surface area contributed by atoms with E-state index in [1.54, 1.807) is 11.3 Å². The maximum atomic E-state index is 13.3. The second-order valence-electron chi connectivity index (χ2n) is 11.7. The van der Waals surface area contributed by atoms with Crippen molar-refractivity contribution in [1.82, 2.24) is 5.32 Å². The van der Waals surface area contributed by atoms with E-state index in [0.717, 1.165) is 36.4 Å². The summed E-state index contributed by atoms with van der Waals surface area (Å²) in [7, 11) is 0. The maximum Gasteiger partial charge on any atom is 0.261 e. The number of rotatable bonds is 24. The molecule has 3 aromatic heterocycles. The summed E-state index contributed by atoms with van der Waals surface area (Å²) < 4.78 is 0. The van der Waals surface area contributed by atoms with Crippen LogP contribution >= 0.6 is 46.6 Å². The summed E-state index contributed by atoms with van der Waals surface area (Å²) in [5, 5.41) is 3.23. The average Bonchev–Trinajstić information content (AvgIpc) is 3.76. The SMILES string of the molecule is CCCCCCc1ccc(-c2cc(C(=O)NCCCCCCCCCCCS)sc2-c2ccc(CCCCCC)s2)s1. The predicted molar refractivity (Wildman–Crippen MR) is 194 cm³/mol. The Bertz CT molecular complexity index is 1060. The quantitative estimate of drug-likeness (QED) is 0.0736. The highest BCUT2D eigenvalue weighted by molar-refractivity contribution is 7.80. The fourth-order valence-corrected chi connectivity index (χ4v) is 9.00. The van der Waals surface area contributed by atoms with E-state index in [4.69, 9.17) is 0 Å². The number of carbonyl (C=O) groups excluding carboxylic acids is 1. The molecule has 2 nitrogen and oxygen atoms in total. The minimum absolute atomic E-state index is 0.0874. The van der Waals surface area contributed by atoms with Crippen molar-refractivity contribution < 1.29 is 4.79 Å². The number of unbranched alkanes of at least 4 members (excludes halogenated alkanes) is 14. The Hall–Kier alpha value is -1.08. The minimum Gasteiger partial charge on any atom is -0.351 e. The van der Waals surface area contributed by atoms with Crippen molar-refractivity contribution in [3.05, 3.63) is 45.0 Å². The van der Waals surface area contributed by atoms with Crippen LogP contribution in [-0.4, -0.2) is 18.2 Å². The van der Waals surface area contributed by atoms with Crippen molar-refractivity contribution in [1.29, 1.82) is 0 Å². The molecular formula is C36H55NOS4. The van der Waals surface area contributed by atoms with Crippen LogP contribution in [0.25, 0.3) is 20.2 Å². The van der Waals surface area contributed by atoms with E-state index < -0.39 is 0 Å². The molecule has 3 aromatic rings. The van der Waals surface area contributed by atoms with Crippen molar-refractivity contribution in [3.8, 4) is 20.2 Å². The van der Waals surface area contributed by atoms with Crippen molar-refractivity contribution in [2.24, 2.45) is 0 Å². The third-order valence-electron chi connectivity index (χ3n) is 7.94. The van der Waals surface area contributed by atoms with Crippen LogP contribution in [0.3, 0.4) is 0 Å². The molecule has 0 bridgehead atoms. The van der Waals surface area contributed by atoms with Gasteiger partial charge in [-0.2, -0.15) is 12.6 Å². The van der Waals surface area contributed by atoms with Gasteiger partial charge in [-0.3, -0.25) is 4.79 Å². The molecule has 0 saturated heterocycles. The zero-order valence-electron chi connectivity index (χ0n) is 26.3. The lowest BCUT2D eigenvalue weighted by Gasteiger charge is -2.04. The van der Waals surface area contributed by atoms with E-state index >= 15 is 0 Å². The number of hydrogen-bond donors (Lipinski definition) is 2. The normalized spacial score (nSPS) is 11.4. The van der Waals surface area contributed by atoms with Crippen molar-refractivity contribution in [3.63, 3.8) is 0 Å². The molecule has 0 aromatic carbocycles. The van der Waals surface area contributed by atoms with Gasteiger partial charge in [-0.1, -0.05) is 97.3 Å². The standard InChI is InChI=1S/C36H55NOS4/c1-3-5-7-16-20-29-22-24-32(40-29)31-28-34(36(38)37-26-18-14-12-10-9-11-13-15-19-27-39)42-35(31)33-25-23-30(41-33)21-17-8-6-4-2/h22-25,28,39H,3-21,26-27H2,1-2H3,(H,37,38). The number of hydrogen-bond acceptors (Lipinski definition) is 5. The number of carbonyl (C=O) groups is 1. The van der Waals surface area contributed by atoms with Crippen LogP contribution in [0, 0.1) is 0 Å². The minimum atomic E-state index is 0.0874. The Balaban J connectivity index is 1.59. The van der Waals surface area contributed by atoms with E-state index in [1.807, 2.05) is 22.7 Å². The molecule has 6 heteroatoms. The molecule has 0 spiro atoms. The first-order valence-corrected chi connectivity index (χ1v) is 20.0. The third-order valence-corrected chi connectivity index (χ3v) is 11.9. The first-order valence-electron chi connectivity index (χ1n) is 16.9. The summed E-state index contributed by atoms with van der Waals surface area (Å²) in [6.07, 6.45) is 24.1. The second-order valence-corrected chi connectivity index (χ2v) is 15.5. The molecule has 0 unspecified atom stereocenters. The molecule has 234 valence electrons.